The molecular formula is C11H16N2O6. The summed E-state index contributed by atoms with van der Waals surface area (Å²) in [6.07, 6.45) is 0.579. The minimum absolute atomic E-state index is 0.0948. The van der Waals surface area contributed by atoms with Crippen LogP contribution in [0.3, 0.4) is 0 Å². The average Bonchev–Trinajstić information content (AvgIpc) is 2.33. The molecular weight excluding hydrogens is 256 g/mol. The smallest absolute Gasteiger partial charge is 0.409 e. The molecule has 106 valence electrons. The highest BCUT2D eigenvalue weighted by atomic mass is 16.6. The Morgan fingerprint density at radius 3 is 1.74 bits per heavy atom. The molecule has 0 aliphatic rings. The number of carboxylic acid groups (broad SMARTS) is 1. The fraction of sp³-hybridized carbons (Fsp3) is 0.364. The number of carbonyl (C=O) groups excluding carboxylic acids is 2. The van der Waals surface area contributed by atoms with Crippen molar-refractivity contribution >= 4 is 18.2 Å². The molecule has 0 spiro atoms. The number of carbonyl (C=O) groups is 3. The van der Waals surface area contributed by atoms with Crippen LogP contribution in [0.2, 0.25) is 0 Å². The first kappa shape index (κ1) is 16.5. The van der Waals surface area contributed by atoms with E-state index in [0.29, 0.717) is 0 Å². The Labute approximate surface area is 110 Å². The normalized spacial score (nSPS) is 9.95. The van der Waals surface area contributed by atoms with Gasteiger partial charge in [-0.25, -0.2) is 14.4 Å². The number of carboxylic acids is 1. The van der Waals surface area contributed by atoms with Crippen LogP contribution in [0.4, 0.5) is 9.59 Å². The van der Waals surface area contributed by atoms with Gasteiger partial charge in [0.15, 0.2) is 0 Å². The first-order chi connectivity index (χ1) is 8.85. The molecule has 0 aromatic rings. The van der Waals surface area contributed by atoms with Gasteiger partial charge in [-0.2, -0.15) is 0 Å². The summed E-state index contributed by atoms with van der Waals surface area (Å²) in [7, 11) is 0. The Bertz CT molecular complexity index is 353. The maximum Gasteiger partial charge on any atom is 0.409 e. The molecule has 0 atom stereocenters. The zero-order chi connectivity index (χ0) is 14.9. The largest absolute Gasteiger partial charge is 0.478 e. The van der Waals surface area contributed by atoms with Crippen molar-refractivity contribution in [3.63, 3.8) is 0 Å². The van der Waals surface area contributed by atoms with E-state index >= 15 is 0 Å². The van der Waals surface area contributed by atoms with Crippen molar-refractivity contribution in [2.24, 2.45) is 0 Å². The standard InChI is InChI=1S/C11H16N2O6/c1-4-6-18-9(16)12-11(3,8(14)15)13-10(17)19-7-5-2/h4-5H,1-2,6-7H2,3H3,(H,12,16)(H,13,17)(H,14,15). The molecule has 0 aromatic heterocycles. The number of amides is 2. The van der Waals surface area contributed by atoms with E-state index in [9.17, 15) is 14.4 Å². The van der Waals surface area contributed by atoms with Gasteiger partial charge >= 0.3 is 18.2 Å². The van der Waals surface area contributed by atoms with E-state index in [0.717, 1.165) is 6.92 Å². The zero-order valence-electron chi connectivity index (χ0n) is 10.5. The lowest BCUT2D eigenvalue weighted by Gasteiger charge is -2.26. The van der Waals surface area contributed by atoms with E-state index in [1.54, 1.807) is 0 Å². The van der Waals surface area contributed by atoms with Gasteiger partial charge < -0.3 is 14.6 Å². The number of nitrogens with one attached hydrogen (secondary N) is 2. The second-order valence-electron chi connectivity index (χ2n) is 3.45. The van der Waals surface area contributed by atoms with Gasteiger partial charge in [-0.3, -0.25) is 10.6 Å². The van der Waals surface area contributed by atoms with Crippen molar-refractivity contribution in [1.29, 1.82) is 0 Å². The second-order valence-corrected chi connectivity index (χ2v) is 3.45. The molecule has 3 N–H and O–H groups in total. The van der Waals surface area contributed by atoms with Gasteiger partial charge in [0.1, 0.15) is 13.2 Å². The van der Waals surface area contributed by atoms with Gasteiger partial charge in [0.2, 0.25) is 5.66 Å². The lowest BCUT2D eigenvalue weighted by Crippen LogP contribution is -2.63. The Kier molecular flexibility index (Phi) is 6.72. The molecule has 2 amide bonds. The van der Waals surface area contributed by atoms with Gasteiger partial charge in [-0.1, -0.05) is 25.3 Å². The number of rotatable bonds is 7. The number of hydrogen-bond donors (Lipinski definition) is 3. The van der Waals surface area contributed by atoms with E-state index < -0.39 is 23.8 Å². The average molecular weight is 272 g/mol. The summed E-state index contributed by atoms with van der Waals surface area (Å²) >= 11 is 0. The van der Waals surface area contributed by atoms with Crippen molar-refractivity contribution in [3.05, 3.63) is 25.3 Å². The van der Waals surface area contributed by atoms with Crippen LogP contribution in [0.15, 0.2) is 25.3 Å². The molecule has 0 heterocycles. The molecule has 0 aromatic carbocycles. The Morgan fingerprint density at radius 2 is 1.47 bits per heavy atom. The molecule has 8 heteroatoms. The van der Waals surface area contributed by atoms with E-state index in [1.165, 1.54) is 12.2 Å². The van der Waals surface area contributed by atoms with Crippen molar-refractivity contribution in [3.8, 4) is 0 Å². The van der Waals surface area contributed by atoms with E-state index in [1.807, 2.05) is 10.6 Å². The monoisotopic (exact) mass is 272 g/mol. The van der Waals surface area contributed by atoms with E-state index in [4.69, 9.17) is 5.11 Å². The topological polar surface area (TPSA) is 114 Å². The predicted molar refractivity (Wildman–Crippen MR) is 65.4 cm³/mol. The second kappa shape index (κ2) is 7.75. The fourth-order valence-corrected chi connectivity index (χ4v) is 0.888. The summed E-state index contributed by atoms with van der Waals surface area (Å²) in [5.74, 6) is -1.49. The third-order valence-electron chi connectivity index (χ3n) is 1.80. The molecule has 0 saturated carbocycles. The molecule has 0 aliphatic carbocycles. The first-order valence-electron chi connectivity index (χ1n) is 5.20. The molecule has 0 fully saturated rings. The van der Waals surface area contributed by atoms with Gasteiger partial charge in [-0.15, -0.1) is 0 Å². The summed E-state index contributed by atoms with van der Waals surface area (Å²) in [6.45, 7) is 7.53. The number of hydrogen-bond acceptors (Lipinski definition) is 5. The van der Waals surface area contributed by atoms with Crippen molar-refractivity contribution < 1.29 is 29.0 Å². The molecule has 0 radical (unpaired) electrons. The minimum Gasteiger partial charge on any atom is -0.478 e. The van der Waals surface area contributed by atoms with Crippen LogP contribution in [0, 0.1) is 0 Å². The lowest BCUT2D eigenvalue weighted by molar-refractivity contribution is -0.145. The Balaban J connectivity index is 4.61. The third-order valence-corrected chi connectivity index (χ3v) is 1.80. The van der Waals surface area contributed by atoms with Gasteiger partial charge in [0.05, 0.1) is 0 Å². The summed E-state index contributed by atoms with van der Waals surface area (Å²) in [5.41, 5.74) is -2.06. The molecule has 0 rings (SSSR count). The van der Waals surface area contributed by atoms with E-state index in [2.05, 4.69) is 22.6 Å². The van der Waals surface area contributed by atoms with Crippen molar-refractivity contribution in [1.82, 2.24) is 10.6 Å². The molecule has 19 heavy (non-hydrogen) atoms. The highest BCUT2D eigenvalue weighted by molar-refractivity contribution is 5.87. The van der Waals surface area contributed by atoms with Gasteiger partial charge in [0, 0.05) is 0 Å². The summed E-state index contributed by atoms with van der Waals surface area (Å²) in [6, 6.07) is 0. The highest BCUT2D eigenvalue weighted by Gasteiger charge is 2.37. The summed E-state index contributed by atoms with van der Waals surface area (Å²) in [5, 5.41) is 13.0. The van der Waals surface area contributed by atoms with Crippen LogP contribution >= 0.6 is 0 Å². The highest BCUT2D eigenvalue weighted by Crippen LogP contribution is 2.01. The molecule has 0 bridgehead atoms. The molecule has 0 aliphatic heterocycles. The first-order valence-corrected chi connectivity index (χ1v) is 5.20. The van der Waals surface area contributed by atoms with Crippen molar-refractivity contribution in [2.45, 2.75) is 12.6 Å². The summed E-state index contributed by atoms with van der Waals surface area (Å²) < 4.78 is 9.12. The maximum atomic E-state index is 11.3. The predicted octanol–water partition coefficient (Wildman–Crippen LogP) is 0.612. The van der Waals surface area contributed by atoms with Gasteiger partial charge in [0.25, 0.3) is 0 Å². The molecule has 0 saturated heterocycles. The Morgan fingerprint density at radius 1 is 1.11 bits per heavy atom. The molecule has 8 nitrogen and oxygen atoms in total. The van der Waals surface area contributed by atoms with Crippen LogP contribution in [-0.4, -0.2) is 42.1 Å². The quantitative estimate of drug-likeness (QED) is 0.462. The van der Waals surface area contributed by atoms with E-state index in [-0.39, 0.29) is 13.2 Å². The van der Waals surface area contributed by atoms with Crippen molar-refractivity contribution in [2.75, 3.05) is 13.2 Å². The SMILES string of the molecule is C=CCOC(=O)NC(C)(NC(=O)OCC=C)C(=O)O. The summed E-state index contributed by atoms with van der Waals surface area (Å²) in [4.78, 5) is 33.6. The van der Waals surface area contributed by atoms with Crippen LogP contribution in [0.5, 0.6) is 0 Å². The van der Waals surface area contributed by atoms with Gasteiger partial charge in [-0.05, 0) is 6.92 Å². The Hall–Kier alpha value is -2.51. The maximum absolute atomic E-state index is 11.3. The number of alkyl carbamates (subject to hydrolysis) is 2. The zero-order valence-corrected chi connectivity index (χ0v) is 10.5. The van der Waals surface area contributed by atoms with Crippen LogP contribution < -0.4 is 10.6 Å². The lowest BCUT2D eigenvalue weighted by atomic mass is 10.2. The molecule has 0 unspecified atom stereocenters. The van der Waals surface area contributed by atoms with Crippen LogP contribution in [-0.2, 0) is 14.3 Å². The van der Waals surface area contributed by atoms with Crippen LogP contribution in [0.1, 0.15) is 6.92 Å². The third kappa shape index (κ3) is 6.10. The van der Waals surface area contributed by atoms with Crippen LogP contribution in [0.25, 0.3) is 0 Å². The minimum atomic E-state index is -2.06. The fourth-order valence-electron chi connectivity index (χ4n) is 0.888. The number of aliphatic carboxylic acids is 1. The number of ether oxygens (including phenoxy) is 2.